The molecule has 0 atom stereocenters. The van der Waals surface area contributed by atoms with Crippen molar-refractivity contribution in [3.05, 3.63) is 57.6 Å². The molecule has 0 heterocycles. The number of anilines is 1. The molecule has 9 heteroatoms. The topological polar surface area (TPSA) is 117 Å². The number of amides is 1. The molecule has 0 aliphatic rings. The van der Waals surface area contributed by atoms with Gasteiger partial charge in [-0.3, -0.25) is 19.7 Å². The molecule has 0 unspecified atom stereocenters. The van der Waals surface area contributed by atoms with Crippen LogP contribution in [0.2, 0.25) is 0 Å². The van der Waals surface area contributed by atoms with E-state index in [1.54, 1.807) is 25.1 Å². The Morgan fingerprint density at radius 2 is 1.72 bits per heavy atom. The highest BCUT2D eigenvalue weighted by molar-refractivity contribution is 5.93. The first-order chi connectivity index (χ1) is 13.8. The number of hydrogen-bond donors (Lipinski definition) is 1. The van der Waals surface area contributed by atoms with E-state index in [2.05, 4.69) is 5.32 Å². The number of hydrogen-bond acceptors (Lipinski definition) is 7. The molecule has 2 aromatic rings. The van der Waals surface area contributed by atoms with Gasteiger partial charge in [0.1, 0.15) is 11.5 Å². The Labute approximate surface area is 167 Å². The second-order valence-electron chi connectivity index (χ2n) is 6.19. The molecule has 154 valence electrons. The largest absolute Gasteiger partial charge is 0.497 e. The standard InChI is InChI=1S/C20H22N2O7/c1-13-4-6-15(22(25)26)10-18(13)21-19(23)12-29-20(24)7-5-14-8-16(27-2)11-17(9-14)28-3/h4,6,8-11H,5,7,12H2,1-3H3,(H,21,23). The lowest BCUT2D eigenvalue weighted by Gasteiger charge is -2.10. The smallest absolute Gasteiger partial charge is 0.306 e. The summed E-state index contributed by atoms with van der Waals surface area (Å²) in [6, 6.07) is 9.43. The zero-order valence-electron chi connectivity index (χ0n) is 16.4. The summed E-state index contributed by atoms with van der Waals surface area (Å²) in [5.74, 6) is 0.0986. The van der Waals surface area contributed by atoms with Crippen molar-refractivity contribution in [2.24, 2.45) is 0 Å². The number of carbonyl (C=O) groups excluding carboxylic acids is 2. The number of aryl methyl sites for hydroxylation is 2. The number of nitro benzene ring substituents is 1. The summed E-state index contributed by atoms with van der Waals surface area (Å²) >= 11 is 0. The molecule has 0 bridgehead atoms. The first kappa shape index (κ1) is 21.7. The van der Waals surface area contributed by atoms with Gasteiger partial charge in [0.25, 0.3) is 11.6 Å². The first-order valence-corrected chi connectivity index (χ1v) is 8.75. The molecule has 0 radical (unpaired) electrons. The Morgan fingerprint density at radius 3 is 2.31 bits per heavy atom. The Hall–Kier alpha value is -3.62. The zero-order valence-corrected chi connectivity index (χ0v) is 16.4. The average molecular weight is 402 g/mol. The molecule has 2 rings (SSSR count). The van der Waals surface area contributed by atoms with Gasteiger partial charge in [0.2, 0.25) is 0 Å². The molecule has 0 spiro atoms. The summed E-state index contributed by atoms with van der Waals surface area (Å²) in [5.41, 5.74) is 1.64. The predicted octanol–water partition coefficient (Wildman–Crippen LogP) is 3.03. The molecule has 0 aromatic heterocycles. The number of esters is 1. The van der Waals surface area contributed by atoms with Gasteiger partial charge in [0, 0.05) is 24.6 Å². The molecule has 0 aliphatic carbocycles. The van der Waals surface area contributed by atoms with Crippen LogP contribution in [0, 0.1) is 17.0 Å². The Morgan fingerprint density at radius 1 is 1.07 bits per heavy atom. The van der Waals surface area contributed by atoms with Crippen LogP contribution in [-0.2, 0) is 20.7 Å². The number of methoxy groups -OCH3 is 2. The second kappa shape index (κ2) is 10.1. The van der Waals surface area contributed by atoms with E-state index in [0.717, 1.165) is 5.56 Å². The van der Waals surface area contributed by atoms with Gasteiger partial charge in [-0.25, -0.2) is 0 Å². The monoisotopic (exact) mass is 402 g/mol. The molecule has 1 N–H and O–H groups in total. The van der Waals surface area contributed by atoms with Crippen molar-refractivity contribution in [2.45, 2.75) is 19.8 Å². The van der Waals surface area contributed by atoms with Crippen LogP contribution < -0.4 is 14.8 Å². The van der Waals surface area contributed by atoms with Crippen molar-refractivity contribution in [3.63, 3.8) is 0 Å². The Balaban J connectivity index is 1.86. The lowest BCUT2D eigenvalue weighted by molar-refractivity contribution is -0.384. The van der Waals surface area contributed by atoms with E-state index in [1.165, 1.54) is 32.4 Å². The van der Waals surface area contributed by atoms with E-state index < -0.39 is 23.4 Å². The van der Waals surface area contributed by atoms with E-state index in [1.807, 2.05) is 0 Å². The van der Waals surface area contributed by atoms with E-state index in [9.17, 15) is 19.7 Å². The number of non-ortho nitro benzene ring substituents is 1. The zero-order chi connectivity index (χ0) is 21.4. The molecule has 2 aromatic carbocycles. The number of nitrogens with one attached hydrogen (secondary N) is 1. The van der Waals surface area contributed by atoms with Crippen molar-refractivity contribution in [1.82, 2.24) is 0 Å². The van der Waals surface area contributed by atoms with Crippen LogP contribution in [0.5, 0.6) is 11.5 Å². The highest BCUT2D eigenvalue weighted by Crippen LogP contribution is 2.24. The summed E-state index contributed by atoms with van der Waals surface area (Å²) in [5, 5.41) is 13.4. The van der Waals surface area contributed by atoms with Crippen LogP contribution in [0.25, 0.3) is 0 Å². The minimum absolute atomic E-state index is 0.0689. The number of rotatable bonds is 9. The lowest BCUT2D eigenvalue weighted by atomic mass is 10.1. The van der Waals surface area contributed by atoms with Gasteiger partial charge in [0.15, 0.2) is 6.61 Å². The maximum Gasteiger partial charge on any atom is 0.306 e. The molecule has 9 nitrogen and oxygen atoms in total. The summed E-state index contributed by atoms with van der Waals surface area (Å²) in [6.45, 7) is 1.22. The first-order valence-electron chi connectivity index (χ1n) is 8.75. The van der Waals surface area contributed by atoms with Crippen LogP contribution in [0.3, 0.4) is 0 Å². The van der Waals surface area contributed by atoms with Crippen molar-refractivity contribution in [1.29, 1.82) is 0 Å². The van der Waals surface area contributed by atoms with Crippen molar-refractivity contribution >= 4 is 23.3 Å². The maximum atomic E-state index is 12.0. The summed E-state index contributed by atoms with van der Waals surface area (Å²) < 4.78 is 15.3. The van der Waals surface area contributed by atoms with Crippen LogP contribution in [-0.4, -0.2) is 37.6 Å². The van der Waals surface area contributed by atoms with E-state index in [-0.39, 0.29) is 12.1 Å². The predicted molar refractivity (Wildman–Crippen MR) is 105 cm³/mol. The maximum absolute atomic E-state index is 12.0. The number of carbonyl (C=O) groups is 2. The average Bonchev–Trinajstić information content (AvgIpc) is 2.71. The minimum Gasteiger partial charge on any atom is -0.497 e. The number of ether oxygens (including phenoxy) is 3. The van der Waals surface area contributed by atoms with Gasteiger partial charge in [-0.05, 0) is 36.6 Å². The molecular weight excluding hydrogens is 380 g/mol. The fourth-order valence-corrected chi connectivity index (χ4v) is 2.52. The summed E-state index contributed by atoms with van der Waals surface area (Å²) in [6.07, 6.45) is 0.456. The van der Waals surface area contributed by atoms with Gasteiger partial charge in [-0.1, -0.05) is 6.07 Å². The molecule has 0 saturated heterocycles. The van der Waals surface area contributed by atoms with Gasteiger partial charge in [-0.15, -0.1) is 0 Å². The third-order valence-electron chi connectivity index (χ3n) is 4.10. The highest BCUT2D eigenvalue weighted by Gasteiger charge is 2.13. The fraction of sp³-hybridized carbons (Fsp3) is 0.300. The molecular formula is C20H22N2O7. The van der Waals surface area contributed by atoms with Crippen LogP contribution in [0.15, 0.2) is 36.4 Å². The SMILES string of the molecule is COc1cc(CCC(=O)OCC(=O)Nc2cc([N+](=O)[O-])ccc2C)cc(OC)c1. The summed E-state index contributed by atoms with van der Waals surface area (Å²) in [4.78, 5) is 34.2. The third-order valence-corrected chi connectivity index (χ3v) is 4.10. The highest BCUT2D eigenvalue weighted by atomic mass is 16.6. The van der Waals surface area contributed by atoms with Crippen molar-refractivity contribution in [2.75, 3.05) is 26.1 Å². The molecule has 1 amide bonds. The van der Waals surface area contributed by atoms with Crippen LogP contribution >= 0.6 is 0 Å². The van der Waals surface area contributed by atoms with Gasteiger partial charge in [-0.2, -0.15) is 0 Å². The van der Waals surface area contributed by atoms with Crippen molar-refractivity contribution in [3.8, 4) is 11.5 Å². The second-order valence-corrected chi connectivity index (χ2v) is 6.19. The molecule has 0 aliphatic heterocycles. The molecule has 0 saturated carbocycles. The van der Waals surface area contributed by atoms with Crippen molar-refractivity contribution < 1.29 is 28.7 Å². The lowest BCUT2D eigenvalue weighted by Crippen LogP contribution is -2.21. The van der Waals surface area contributed by atoms with E-state index in [0.29, 0.717) is 29.2 Å². The fourth-order valence-electron chi connectivity index (χ4n) is 2.52. The van der Waals surface area contributed by atoms with Crippen LogP contribution in [0.4, 0.5) is 11.4 Å². The van der Waals surface area contributed by atoms with Gasteiger partial charge < -0.3 is 19.5 Å². The van der Waals surface area contributed by atoms with E-state index >= 15 is 0 Å². The third kappa shape index (κ3) is 6.49. The van der Waals surface area contributed by atoms with Gasteiger partial charge >= 0.3 is 5.97 Å². The number of nitrogens with zero attached hydrogens (tertiary/aromatic N) is 1. The molecule has 29 heavy (non-hydrogen) atoms. The number of benzene rings is 2. The number of nitro groups is 1. The minimum atomic E-state index is -0.579. The summed E-state index contributed by atoms with van der Waals surface area (Å²) in [7, 11) is 3.07. The molecule has 0 fully saturated rings. The Kier molecular flexibility index (Phi) is 7.53. The van der Waals surface area contributed by atoms with E-state index in [4.69, 9.17) is 14.2 Å². The quantitative estimate of drug-likeness (QED) is 0.389. The Bertz CT molecular complexity index is 889. The van der Waals surface area contributed by atoms with Crippen LogP contribution in [0.1, 0.15) is 17.5 Å². The van der Waals surface area contributed by atoms with Gasteiger partial charge in [0.05, 0.1) is 24.8 Å². The normalized spacial score (nSPS) is 10.2.